The van der Waals surface area contributed by atoms with E-state index >= 15 is 0 Å². The Morgan fingerprint density at radius 2 is 1.68 bits per heavy atom. The molecule has 0 aliphatic heterocycles. The summed E-state index contributed by atoms with van der Waals surface area (Å²) in [5.41, 5.74) is 0.795. The molecule has 0 bridgehead atoms. The highest BCUT2D eigenvalue weighted by atomic mass is 16.5. The Morgan fingerprint density at radius 1 is 1.00 bits per heavy atom. The van der Waals surface area contributed by atoms with Crippen LogP contribution in [0.5, 0.6) is 11.5 Å². The monoisotopic (exact) mass is 300 g/mol. The molecule has 5 heteroatoms. The number of amides is 1. The molecule has 0 spiro atoms. The van der Waals surface area contributed by atoms with Gasteiger partial charge in [0.05, 0.1) is 13.7 Å². The fourth-order valence-corrected chi connectivity index (χ4v) is 1.84. The lowest BCUT2D eigenvalue weighted by molar-refractivity contribution is -0.115. The van der Waals surface area contributed by atoms with Crippen molar-refractivity contribution >= 4 is 11.6 Å². The minimum atomic E-state index is -0.0735. The first-order valence-electron chi connectivity index (χ1n) is 7.10. The van der Waals surface area contributed by atoms with Crippen molar-refractivity contribution in [1.82, 2.24) is 5.32 Å². The van der Waals surface area contributed by atoms with E-state index in [0.29, 0.717) is 13.2 Å². The molecule has 0 saturated carbocycles. The van der Waals surface area contributed by atoms with Crippen LogP contribution in [0, 0.1) is 0 Å². The predicted octanol–water partition coefficient (Wildman–Crippen LogP) is 2.30. The van der Waals surface area contributed by atoms with Crippen molar-refractivity contribution in [2.24, 2.45) is 0 Å². The van der Waals surface area contributed by atoms with Crippen molar-refractivity contribution in [1.29, 1.82) is 0 Å². The molecule has 0 aliphatic rings. The Morgan fingerprint density at radius 3 is 2.36 bits per heavy atom. The van der Waals surface area contributed by atoms with Gasteiger partial charge in [-0.3, -0.25) is 4.79 Å². The van der Waals surface area contributed by atoms with Gasteiger partial charge in [0.25, 0.3) is 0 Å². The van der Waals surface area contributed by atoms with Gasteiger partial charge in [-0.2, -0.15) is 0 Å². The number of rotatable bonds is 8. The van der Waals surface area contributed by atoms with Crippen LogP contribution in [0.1, 0.15) is 0 Å². The standard InChI is InChI=1S/C17H20N2O3/c1-21-15-7-9-16(10-8-15)22-12-11-18-13-17(20)19-14-5-3-2-4-6-14/h2-10,18H,11-13H2,1H3,(H,19,20). The summed E-state index contributed by atoms with van der Waals surface area (Å²) in [7, 11) is 1.63. The maximum atomic E-state index is 11.7. The van der Waals surface area contributed by atoms with E-state index in [-0.39, 0.29) is 12.5 Å². The maximum Gasteiger partial charge on any atom is 0.238 e. The first-order chi connectivity index (χ1) is 10.8. The van der Waals surface area contributed by atoms with Crippen LogP contribution >= 0.6 is 0 Å². The zero-order chi connectivity index (χ0) is 15.6. The topological polar surface area (TPSA) is 59.6 Å². The molecule has 0 aliphatic carbocycles. The SMILES string of the molecule is COc1ccc(OCCNCC(=O)Nc2ccccc2)cc1. The number of hydrogen-bond acceptors (Lipinski definition) is 4. The van der Waals surface area contributed by atoms with Gasteiger partial charge < -0.3 is 20.1 Å². The van der Waals surface area contributed by atoms with Crippen LogP contribution in [0.4, 0.5) is 5.69 Å². The summed E-state index contributed by atoms with van der Waals surface area (Å²) >= 11 is 0. The molecule has 1 amide bonds. The van der Waals surface area contributed by atoms with Crippen molar-refractivity contribution in [3.63, 3.8) is 0 Å². The first kappa shape index (κ1) is 15.9. The van der Waals surface area contributed by atoms with Gasteiger partial charge in [0.15, 0.2) is 0 Å². The lowest BCUT2D eigenvalue weighted by Gasteiger charge is -2.08. The van der Waals surface area contributed by atoms with E-state index in [1.165, 1.54) is 0 Å². The zero-order valence-corrected chi connectivity index (χ0v) is 12.5. The summed E-state index contributed by atoms with van der Waals surface area (Å²) in [5, 5.41) is 5.84. The van der Waals surface area contributed by atoms with Crippen molar-refractivity contribution < 1.29 is 14.3 Å². The molecule has 0 aromatic heterocycles. The van der Waals surface area contributed by atoms with Gasteiger partial charge in [0, 0.05) is 12.2 Å². The molecule has 0 saturated heterocycles. The highest BCUT2D eigenvalue weighted by Gasteiger charge is 2.01. The number of methoxy groups -OCH3 is 1. The molecule has 0 radical (unpaired) electrons. The second-order valence-electron chi connectivity index (χ2n) is 4.61. The molecule has 22 heavy (non-hydrogen) atoms. The van der Waals surface area contributed by atoms with E-state index < -0.39 is 0 Å². The highest BCUT2D eigenvalue weighted by Crippen LogP contribution is 2.16. The average Bonchev–Trinajstić information content (AvgIpc) is 2.56. The number of hydrogen-bond donors (Lipinski definition) is 2. The van der Waals surface area contributed by atoms with E-state index in [1.54, 1.807) is 7.11 Å². The molecule has 0 heterocycles. The molecule has 2 aromatic carbocycles. The predicted molar refractivity (Wildman–Crippen MR) is 86.4 cm³/mol. The van der Waals surface area contributed by atoms with Gasteiger partial charge >= 0.3 is 0 Å². The third-order valence-corrected chi connectivity index (χ3v) is 2.95. The second-order valence-corrected chi connectivity index (χ2v) is 4.61. The fourth-order valence-electron chi connectivity index (χ4n) is 1.84. The van der Waals surface area contributed by atoms with Gasteiger partial charge in [-0.25, -0.2) is 0 Å². The summed E-state index contributed by atoms with van der Waals surface area (Å²) < 4.78 is 10.6. The number of carbonyl (C=O) groups is 1. The molecule has 116 valence electrons. The number of ether oxygens (including phenoxy) is 2. The molecular weight excluding hydrogens is 280 g/mol. The number of para-hydroxylation sites is 1. The van der Waals surface area contributed by atoms with E-state index in [2.05, 4.69) is 10.6 Å². The summed E-state index contributed by atoms with van der Waals surface area (Å²) in [5.74, 6) is 1.50. The van der Waals surface area contributed by atoms with E-state index in [9.17, 15) is 4.79 Å². The summed E-state index contributed by atoms with van der Waals surface area (Å²) in [4.78, 5) is 11.7. The van der Waals surface area contributed by atoms with E-state index in [1.807, 2.05) is 54.6 Å². The summed E-state index contributed by atoms with van der Waals surface area (Å²) in [6.45, 7) is 1.33. The van der Waals surface area contributed by atoms with Gasteiger partial charge in [0.1, 0.15) is 18.1 Å². The minimum Gasteiger partial charge on any atom is -0.497 e. The van der Waals surface area contributed by atoms with Crippen LogP contribution in [-0.2, 0) is 4.79 Å². The number of nitrogens with one attached hydrogen (secondary N) is 2. The largest absolute Gasteiger partial charge is 0.497 e. The third-order valence-electron chi connectivity index (χ3n) is 2.95. The van der Waals surface area contributed by atoms with Gasteiger partial charge in [-0.05, 0) is 36.4 Å². The van der Waals surface area contributed by atoms with Crippen LogP contribution < -0.4 is 20.1 Å². The van der Waals surface area contributed by atoms with E-state index in [0.717, 1.165) is 17.2 Å². The van der Waals surface area contributed by atoms with Crippen LogP contribution in [0.3, 0.4) is 0 Å². The van der Waals surface area contributed by atoms with Crippen LogP contribution in [0.15, 0.2) is 54.6 Å². The Balaban J connectivity index is 1.59. The second kappa shape index (κ2) is 8.69. The summed E-state index contributed by atoms with van der Waals surface area (Å²) in [6, 6.07) is 16.8. The normalized spacial score (nSPS) is 10.0. The van der Waals surface area contributed by atoms with Crippen LogP contribution in [-0.4, -0.2) is 32.7 Å². The molecule has 0 atom stereocenters. The maximum absolute atomic E-state index is 11.7. The van der Waals surface area contributed by atoms with Gasteiger partial charge in [-0.1, -0.05) is 18.2 Å². The summed E-state index contributed by atoms with van der Waals surface area (Å²) in [6.07, 6.45) is 0. The zero-order valence-electron chi connectivity index (χ0n) is 12.5. The Bertz CT molecular complexity index is 570. The molecule has 2 aromatic rings. The average molecular weight is 300 g/mol. The Hall–Kier alpha value is -2.53. The lowest BCUT2D eigenvalue weighted by atomic mass is 10.3. The molecule has 0 unspecified atom stereocenters. The van der Waals surface area contributed by atoms with E-state index in [4.69, 9.17) is 9.47 Å². The number of anilines is 1. The lowest BCUT2D eigenvalue weighted by Crippen LogP contribution is -2.31. The van der Waals surface area contributed by atoms with Crippen LogP contribution in [0.2, 0.25) is 0 Å². The quantitative estimate of drug-likeness (QED) is 0.735. The van der Waals surface area contributed by atoms with Crippen molar-refractivity contribution in [3.8, 4) is 11.5 Å². The molecular formula is C17H20N2O3. The highest BCUT2D eigenvalue weighted by molar-refractivity contribution is 5.92. The fraction of sp³-hybridized carbons (Fsp3) is 0.235. The van der Waals surface area contributed by atoms with Gasteiger partial charge in [-0.15, -0.1) is 0 Å². The number of benzene rings is 2. The molecule has 5 nitrogen and oxygen atoms in total. The molecule has 0 fully saturated rings. The first-order valence-corrected chi connectivity index (χ1v) is 7.10. The van der Waals surface area contributed by atoms with Crippen molar-refractivity contribution in [2.45, 2.75) is 0 Å². The van der Waals surface area contributed by atoms with Crippen LogP contribution in [0.25, 0.3) is 0 Å². The molecule has 2 rings (SSSR count). The Labute approximate surface area is 130 Å². The van der Waals surface area contributed by atoms with Gasteiger partial charge in [0.2, 0.25) is 5.91 Å². The van der Waals surface area contributed by atoms with Crippen molar-refractivity contribution in [3.05, 3.63) is 54.6 Å². The third kappa shape index (κ3) is 5.46. The molecule has 2 N–H and O–H groups in total. The number of carbonyl (C=O) groups excluding carboxylic acids is 1. The van der Waals surface area contributed by atoms with Crippen molar-refractivity contribution in [2.75, 3.05) is 32.1 Å². The smallest absolute Gasteiger partial charge is 0.238 e. The Kier molecular flexibility index (Phi) is 6.26. The minimum absolute atomic E-state index is 0.0735.